The van der Waals surface area contributed by atoms with E-state index in [1.807, 2.05) is 52.9 Å². The third kappa shape index (κ3) is 7.00. The lowest BCUT2D eigenvalue weighted by atomic mass is 10.2. The summed E-state index contributed by atoms with van der Waals surface area (Å²) in [5, 5.41) is 11.3. The summed E-state index contributed by atoms with van der Waals surface area (Å²) >= 11 is 1.87. The zero-order valence-corrected chi connectivity index (χ0v) is 12.5. The van der Waals surface area contributed by atoms with E-state index in [0.29, 0.717) is 19.4 Å². The number of halogens is 1. The third-order valence-electron chi connectivity index (χ3n) is 2.38. The number of alkyl carbamates (subject to hydrolysis) is 1. The van der Waals surface area contributed by atoms with Crippen molar-refractivity contribution in [3.8, 4) is 0 Å². The van der Waals surface area contributed by atoms with Crippen molar-refractivity contribution >= 4 is 34.7 Å². The summed E-state index contributed by atoms with van der Waals surface area (Å²) in [6, 6.07) is 9.40. The number of amides is 1. The molecular weight excluding hydrogens is 361 g/mol. The predicted molar refractivity (Wildman–Crippen MR) is 79.3 cm³/mol. The lowest BCUT2D eigenvalue weighted by Crippen LogP contribution is -2.26. The molecule has 1 aromatic rings. The Balaban J connectivity index is 2.10. The first-order valence-electron chi connectivity index (χ1n) is 5.91. The van der Waals surface area contributed by atoms with Gasteiger partial charge in [-0.05, 0) is 18.4 Å². The average Bonchev–Trinajstić information content (AvgIpc) is 2.42. The molecular formula is C13H16INO4. The van der Waals surface area contributed by atoms with Gasteiger partial charge in [0.2, 0.25) is 0 Å². The minimum atomic E-state index is -0.827. The maximum absolute atomic E-state index is 11.3. The number of hydrogen-bond acceptors (Lipinski definition) is 3. The Morgan fingerprint density at radius 1 is 1.32 bits per heavy atom. The molecule has 0 heterocycles. The Kier molecular flexibility index (Phi) is 7.24. The van der Waals surface area contributed by atoms with E-state index in [9.17, 15) is 9.59 Å². The molecule has 6 heteroatoms. The Hall–Kier alpha value is -1.31. The van der Waals surface area contributed by atoms with E-state index in [-0.39, 0.29) is 6.61 Å². The highest BCUT2D eigenvalue weighted by Gasteiger charge is 2.12. The summed E-state index contributed by atoms with van der Waals surface area (Å²) in [4.78, 5) is 21.9. The zero-order valence-electron chi connectivity index (χ0n) is 10.3. The number of ether oxygens (including phenoxy) is 1. The molecule has 0 spiro atoms. The van der Waals surface area contributed by atoms with Crippen LogP contribution < -0.4 is 5.32 Å². The Morgan fingerprint density at radius 3 is 2.63 bits per heavy atom. The van der Waals surface area contributed by atoms with Gasteiger partial charge in [-0.15, -0.1) is 0 Å². The fourth-order valence-corrected chi connectivity index (χ4v) is 1.81. The second-order valence-corrected chi connectivity index (χ2v) is 5.44. The van der Waals surface area contributed by atoms with Crippen molar-refractivity contribution in [3.05, 3.63) is 35.9 Å². The molecule has 5 nitrogen and oxygen atoms in total. The van der Waals surface area contributed by atoms with E-state index in [4.69, 9.17) is 9.84 Å². The molecule has 1 rings (SSSR count). The van der Waals surface area contributed by atoms with Crippen LogP contribution in [0.25, 0.3) is 0 Å². The monoisotopic (exact) mass is 377 g/mol. The smallest absolute Gasteiger partial charge is 0.407 e. The van der Waals surface area contributed by atoms with Gasteiger partial charge in [0, 0.05) is 6.54 Å². The predicted octanol–water partition coefficient (Wildman–Crippen LogP) is 2.58. The number of carbonyl (C=O) groups excluding carboxylic acids is 1. The zero-order chi connectivity index (χ0) is 14.1. The van der Waals surface area contributed by atoms with E-state index < -0.39 is 16.0 Å². The molecule has 0 aliphatic carbocycles. The first-order chi connectivity index (χ1) is 9.09. The third-order valence-corrected chi connectivity index (χ3v) is 3.54. The van der Waals surface area contributed by atoms with E-state index in [1.165, 1.54) is 0 Å². The summed E-state index contributed by atoms with van der Waals surface area (Å²) in [5.41, 5.74) is 0.927. The number of hydrogen-bond donors (Lipinski definition) is 2. The number of carbonyl (C=O) groups is 2. The lowest BCUT2D eigenvalue weighted by molar-refractivity contribution is -0.136. The summed E-state index contributed by atoms with van der Waals surface area (Å²) in [5.74, 6) is -0.827. The molecule has 0 saturated heterocycles. The molecule has 104 valence electrons. The van der Waals surface area contributed by atoms with Gasteiger partial charge < -0.3 is 15.2 Å². The van der Waals surface area contributed by atoms with Crippen LogP contribution in [-0.2, 0) is 16.1 Å². The number of aliphatic carboxylic acids is 1. The highest BCUT2D eigenvalue weighted by molar-refractivity contribution is 14.1. The number of carboxylic acid groups (broad SMARTS) is 1. The van der Waals surface area contributed by atoms with Crippen LogP contribution in [0.1, 0.15) is 18.4 Å². The molecule has 0 aliphatic rings. The normalized spacial score (nSPS) is 11.6. The SMILES string of the molecule is O=C(NCCC[C@H](I)C(=O)O)OCc1ccccc1. The fraction of sp³-hybridized carbons (Fsp3) is 0.385. The Labute approximate surface area is 125 Å². The van der Waals surface area contributed by atoms with E-state index >= 15 is 0 Å². The average molecular weight is 377 g/mol. The maximum atomic E-state index is 11.3. The van der Waals surface area contributed by atoms with Crippen molar-refractivity contribution in [1.29, 1.82) is 0 Å². The minimum absolute atomic E-state index is 0.233. The largest absolute Gasteiger partial charge is 0.480 e. The molecule has 0 unspecified atom stereocenters. The topological polar surface area (TPSA) is 75.6 Å². The number of alkyl halides is 1. The van der Waals surface area contributed by atoms with Gasteiger partial charge in [0.05, 0.1) is 0 Å². The highest BCUT2D eigenvalue weighted by atomic mass is 127. The van der Waals surface area contributed by atoms with Crippen LogP contribution in [0.4, 0.5) is 4.79 Å². The molecule has 0 aromatic heterocycles. The van der Waals surface area contributed by atoms with Gasteiger partial charge in [0.1, 0.15) is 10.5 Å². The number of benzene rings is 1. The number of rotatable bonds is 7. The van der Waals surface area contributed by atoms with Crippen molar-refractivity contribution < 1.29 is 19.4 Å². The second kappa shape index (κ2) is 8.73. The van der Waals surface area contributed by atoms with Gasteiger partial charge in [-0.2, -0.15) is 0 Å². The molecule has 0 fully saturated rings. The summed E-state index contributed by atoms with van der Waals surface area (Å²) in [6.07, 6.45) is 0.652. The van der Waals surface area contributed by atoms with Gasteiger partial charge in [0.25, 0.3) is 0 Å². The molecule has 1 amide bonds. The van der Waals surface area contributed by atoms with Crippen LogP contribution in [-0.4, -0.2) is 27.6 Å². The summed E-state index contributed by atoms with van der Waals surface area (Å²) in [7, 11) is 0. The van der Waals surface area contributed by atoms with E-state index in [0.717, 1.165) is 5.56 Å². The van der Waals surface area contributed by atoms with Crippen molar-refractivity contribution in [1.82, 2.24) is 5.32 Å². The first-order valence-corrected chi connectivity index (χ1v) is 7.15. The summed E-state index contributed by atoms with van der Waals surface area (Å²) in [6.45, 7) is 0.650. The second-order valence-electron chi connectivity index (χ2n) is 3.94. The standard InChI is InChI=1S/C13H16INO4/c14-11(12(16)17)7-4-8-15-13(18)19-9-10-5-2-1-3-6-10/h1-3,5-6,11H,4,7-9H2,(H,15,18)(H,16,17)/t11-/m0/s1. The molecule has 19 heavy (non-hydrogen) atoms. The molecule has 1 aromatic carbocycles. The van der Waals surface area contributed by atoms with Crippen LogP contribution in [0, 0.1) is 0 Å². The Bertz CT molecular complexity index is 410. The van der Waals surface area contributed by atoms with E-state index in [1.54, 1.807) is 0 Å². The van der Waals surface area contributed by atoms with Gasteiger partial charge in [-0.25, -0.2) is 4.79 Å². The van der Waals surface area contributed by atoms with Crippen LogP contribution in [0.2, 0.25) is 0 Å². The maximum Gasteiger partial charge on any atom is 0.407 e. The van der Waals surface area contributed by atoms with Crippen LogP contribution in [0.15, 0.2) is 30.3 Å². The highest BCUT2D eigenvalue weighted by Crippen LogP contribution is 2.08. The van der Waals surface area contributed by atoms with Crippen molar-refractivity contribution in [2.75, 3.05) is 6.54 Å². The van der Waals surface area contributed by atoms with Gasteiger partial charge in [0.15, 0.2) is 0 Å². The molecule has 0 saturated carbocycles. The molecule has 2 N–H and O–H groups in total. The minimum Gasteiger partial charge on any atom is -0.480 e. The first kappa shape index (κ1) is 15.7. The number of nitrogens with one attached hydrogen (secondary N) is 1. The molecule has 0 radical (unpaired) electrons. The van der Waals surface area contributed by atoms with Crippen molar-refractivity contribution in [2.24, 2.45) is 0 Å². The fourth-order valence-electron chi connectivity index (χ4n) is 1.37. The van der Waals surface area contributed by atoms with Crippen molar-refractivity contribution in [3.63, 3.8) is 0 Å². The molecule has 0 aliphatic heterocycles. The van der Waals surface area contributed by atoms with Crippen LogP contribution in [0.5, 0.6) is 0 Å². The van der Waals surface area contributed by atoms with Gasteiger partial charge in [-0.1, -0.05) is 52.9 Å². The molecule has 1 atom stereocenters. The van der Waals surface area contributed by atoms with Gasteiger partial charge >= 0.3 is 12.1 Å². The molecule has 0 bridgehead atoms. The van der Waals surface area contributed by atoms with Gasteiger partial charge in [-0.3, -0.25) is 4.79 Å². The summed E-state index contributed by atoms with van der Waals surface area (Å²) < 4.78 is 4.60. The van der Waals surface area contributed by atoms with Crippen LogP contribution >= 0.6 is 22.6 Å². The number of carboxylic acids is 1. The van der Waals surface area contributed by atoms with Crippen molar-refractivity contribution in [2.45, 2.75) is 23.4 Å². The quantitative estimate of drug-likeness (QED) is 0.435. The van der Waals surface area contributed by atoms with Crippen LogP contribution in [0.3, 0.4) is 0 Å². The van der Waals surface area contributed by atoms with E-state index in [2.05, 4.69) is 5.32 Å². The lowest BCUT2D eigenvalue weighted by Gasteiger charge is -2.08. The Morgan fingerprint density at radius 2 is 2.00 bits per heavy atom.